The number of carbonyl (C=O) groups excluding carboxylic acids is 1. The standard InChI is InChI=1S/C26H26N2O3/c1-4-14-30-22-7-5-6-20(15-22)25(29)27-21-12-13-24-23(16-21)28-26(31-24)19-10-8-18(9-11-19)17(2)3/h5-13,15-17H,4,14H2,1-3H3,(H,27,29). The number of nitrogens with zero attached hydrogens (tertiary/aromatic N) is 1. The maximum absolute atomic E-state index is 12.7. The summed E-state index contributed by atoms with van der Waals surface area (Å²) in [5.74, 6) is 1.53. The van der Waals surface area contributed by atoms with Crippen LogP contribution in [0.5, 0.6) is 5.75 Å². The molecule has 0 radical (unpaired) electrons. The van der Waals surface area contributed by atoms with Gasteiger partial charge in [0.25, 0.3) is 5.91 Å². The molecule has 0 aliphatic carbocycles. The van der Waals surface area contributed by atoms with Crippen molar-refractivity contribution in [2.45, 2.75) is 33.1 Å². The van der Waals surface area contributed by atoms with Crippen molar-refractivity contribution in [3.05, 3.63) is 77.9 Å². The zero-order valence-corrected chi connectivity index (χ0v) is 18.0. The predicted octanol–water partition coefficient (Wildman–Crippen LogP) is 6.66. The topological polar surface area (TPSA) is 64.4 Å². The smallest absolute Gasteiger partial charge is 0.255 e. The number of ether oxygens (including phenoxy) is 1. The molecule has 4 aromatic rings. The number of fused-ring (bicyclic) bond motifs is 1. The van der Waals surface area contributed by atoms with Gasteiger partial charge in [-0.25, -0.2) is 4.98 Å². The highest BCUT2D eigenvalue weighted by atomic mass is 16.5. The van der Waals surface area contributed by atoms with Gasteiger partial charge in [-0.3, -0.25) is 4.79 Å². The Labute approximate surface area is 182 Å². The van der Waals surface area contributed by atoms with E-state index < -0.39 is 0 Å². The largest absolute Gasteiger partial charge is 0.494 e. The number of amides is 1. The Balaban J connectivity index is 1.52. The van der Waals surface area contributed by atoms with E-state index in [-0.39, 0.29) is 5.91 Å². The Morgan fingerprint density at radius 2 is 1.87 bits per heavy atom. The molecule has 0 saturated carbocycles. The van der Waals surface area contributed by atoms with Gasteiger partial charge < -0.3 is 14.5 Å². The summed E-state index contributed by atoms with van der Waals surface area (Å²) in [4.78, 5) is 17.3. The molecule has 0 unspecified atom stereocenters. The van der Waals surface area contributed by atoms with E-state index in [1.807, 2.05) is 49.4 Å². The van der Waals surface area contributed by atoms with Crippen molar-refractivity contribution in [3.8, 4) is 17.2 Å². The molecular weight excluding hydrogens is 388 g/mol. The van der Waals surface area contributed by atoms with E-state index in [2.05, 4.69) is 36.3 Å². The highest BCUT2D eigenvalue weighted by molar-refractivity contribution is 6.05. The monoisotopic (exact) mass is 414 g/mol. The number of hydrogen-bond donors (Lipinski definition) is 1. The van der Waals surface area contributed by atoms with Crippen LogP contribution in [-0.4, -0.2) is 17.5 Å². The number of anilines is 1. The molecule has 4 rings (SSSR count). The molecule has 3 aromatic carbocycles. The van der Waals surface area contributed by atoms with Gasteiger partial charge in [0.15, 0.2) is 5.58 Å². The SMILES string of the molecule is CCCOc1cccc(C(=O)Nc2ccc3oc(-c4ccc(C(C)C)cc4)nc3c2)c1. The minimum Gasteiger partial charge on any atom is -0.494 e. The van der Waals surface area contributed by atoms with E-state index >= 15 is 0 Å². The average molecular weight is 415 g/mol. The fourth-order valence-corrected chi connectivity index (χ4v) is 3.29. The van der Waals surface area contributed by atoms with E-state index in [1.54, 1.807) is 12.1 Å². The molecular formula is C26H26N2O3. The van der Waals surface area contributed by atoms with Crippen molar-refractivity contribution in [1.29, 1.82) is 0 Å². The van der Waals surface area contributed by atoms with E-state index in [1.165, 1.54) is 5.56 Å². The van der Waals surface area contributed by atoms with Crippen LogP contribution in [0.15, 0.2) is 71.1 Å². The summed E-state index contributed by atoms with van der Waals surface area (Å²) in [6.45, 7) is 7.00. The fraction of sp³-hybridized carbons (Fsp3) is 0.231. The van der Waals surface area contributed by atoms with Crippen molar-refractivity contribution in [2.24, 2.45) is 0 Å². The number of nitrogens with one attached hydrogen (secondary N) is 1. The number of aromatic nitrogens is 1. The van der Waals surface area contributed by atoms with E-state index in [4.69, 9.17) is 9.15 Å². The normalized spacial score (nSPS) is 11.1. The quantitative estimate of drug-likeness (QED) is 0.367. The summed E-state index contributed by atoms with van der Waals surface area (Å²) in [6.07, 6.45) is 0.915. The Hall–Kier alpha value is -3.60. The zero-order valence-electron chi connectivity index (χ0n) is 18.0. The third-order valence-corrected chi connectivity index (χ3v) is 5.04. The Morgan fingerprint density at radius 1 is 1.06 bits per heavy atom. The third kappa shape index (κ3) is 4.77. The Bertz CT molecular complexity index is 1190. The number of rotatable bonds is 7. The van der Waals surface area contributed by atoms with Gasteiger partial charge in [-0.05, 0) is 66.4 Å². The summed E-state index contributed by atoms with van der Waals surface area (Å²) in [5.41, 5.74) is 4.77. The second kappa shape index (κ2) is 9.04. The zero-order chi connectivity index (χ0) is 21.8. The van der Waals surface area contributed by atoms with Gasteiger partial charge in [0.05, 0.1) is 6.61 Å². The van der Waals surface area contributed by atoms with Gasteiger partial charge in [0.2, 0.25) is 5.89 Å². The molecule has 0 aliphatic rings. The number of carbonyl (C=O) groups is 1. The molecule has 0 spiro atoms. The van der Waals surface area contributed by atoms with Crippen LogP contribution in [0.25, 0.3) is 22.6 Å². The van der Waals surface area contributed by atoms with Crippen LogP contribution < -0.4 is 10.1 Å². The molecule has 5 nitrogen and oxygen atoms in total. The van der Waals surface area contributed by atoms with Crippen LogP contribution in [0.4, 0.5) is 5.69 Å². The molecule has 0 saturated heterocycles. The Kier molecular flexibility index (Phi) is 6.03. The van der Waals surface area contributed by atoms with Crippen LogP contribution >= 0.6 is 0 Å². The van der Waals surface area contributed by atoms with Crippen molar-refractivity contribution in [2.75, 3.05) is 11.9 Å². The van der Waals surface area contributed by atoms with Gasteiger partial charge in [-0.1, -0.05) is 39.0 Å². The van der Waals surface area contributed by atoms with Crippen molar-refractivity contribution < 1.29 is 13.9 Å². The van der Waals surface area contributed by atoms with Gasteiger partial charge in [0.1, 0.15) is 11.3 Å². The first-order chi connectivity index (χ1) is 15.0. The first kappa shape index (κ1) is 20.7. The molecule has 0 atom stereocenters. The number of oxazole rings is 1. The van der Waals surface area contributed by atoms with Gasteiger partial charge in [0, 0.05) is 16.8 Å². The maximum Gasteiger partial charge on any atom is 0.255 e. The summed E-state index contributed by atoms with van der Waals surface area (Å²) in [6, 6.07) is 20.9. The Morgan fingerprint density at radius 3 is 2.61 bits per heavy atom. The molecule has 1 aromatic heterocycles. The van der Waals surface area contributed by atoms with Crippen LogP contribution in [-0.2, 0) is 0 Å². The second-order valence-electron chi connectivity index (χ2n) is 7.81. The first-order valence-electron chi connectivity index (χ1n) is 10.6. The van der Waals surface area contributed by atoms with Gasteiger partial charge in [-0.15, -0.1) is 0 Å². The van der Waals surface area contributed by atoms with E-state index in [9.17, 15) is 4.79 Å². The molecule has 31 heavy (non-hydrogen) atoms. The molecule has 5 heteroatoms. The molecule has 0 aliphatic heterocycles. The second-order valence-corrected chi connectivity index (χ2v) is 7.81. The maximum atomic E-state index is 12.7. The minimum absolute atomic E-state index is 0.200. The van der Waals surface area contributed by atoms with Crippen molar-refractivity contribution >= 4 is 22.7 Å². The highest BCUT2D eigenvalue weighted by Gasteiger charge is 2.12. The fourth-order valence-electron chi connectivity index (χ4n) is 3.29. The lowest BCUT2D eigenvalue weighted by molar-refractivity contribution is 0.102. The van der Waals surface area contributed by atoms with Crippen LogP contribution in [0, 0.1) is 0 Å². The lowest BCUT2D eigenvalue weighted by atomic mass is 10.0. The molecule has 0 bridgehead atoms. The van der Waals surface area contributed by atoms with Crippen molar-refractivity contribution in [3.63, 3.8) is 0 Å². The van der Waals surface area contributed by atoms with Gasteiger partial charge >= 0.3 is 0 Å². The van der Waals surface area contributed by atoms with Crippen LogP contribution in [0.2, 0.25) is 0 Å². The lowest BCUT2D eigenvalue weighted by Crippen LogP contribution is -2.12. The minimum atomic E-state index is -0.200. The molecule has 1 heterocycles. The summed E-state index contributed by atoms with van der Waals surface area (Å²) in [7, 11) is 0. The number of hydrogen-bond acceptors (Lipinski definition) is 4. The number of benzene rings is 3. The molecule has 0 fully saturated rings. The van der Waals surface area contributed by atoms with Gasteiger partial charge in [-0.2, -0.15) is 0 Å². The summed E-state index contributed by atoms with van der Waals surface area (Å²) < 4.78 is 11.5. The summed E-state index contributed by atoms with van der Waals surface area (Å²) >= 11 is 0. The lowest BCUT2D eigenvalue weighted by Gasteiger charge is -2.08. The predicted molar refractivity (Wildman–Crippen MR) is 124 cm³/mol. The average Bonchev–Trinajstić information content (AvgIpc) is 3.21. The third-order valence-electron chi connectivity index (χ3n) is 5.04. The molecule has 158 valence electrons. The van der Waals surface area contributed by atoms with Crippen LogP contribution in [0.3, 0.4) is 0 Å². The first-order valence-corrected chi connectivity index (χ1v) is 10.6. The molecule has 1 N–H and O–H groups in total. The molecule has 1 amide bonds. The highest BCUT2D eigenvalue weighted by Crippen LogP contribution is 2.28. The van der Waals surface area contributed by atoms with Crippen LogP contribution in [0.1, 0.15) is 49.0 Å². The van der Waals surface area contributed by atoms with Crippen molar-refractivity contribution in [1.82, 2.24) is 4.98 Å². The summed E-state index contributed by atoms with van der Waals surface area (Å²) in [5, 5.41) is 2.93. The van der Waals surface area contributed by atoms with E-state index in [0.717, 1.165) is 12.0 Å². The van der Waals surface area contributed by atoms with E-state index in [0.29, 0.717) is 46.5 Å².